The summed E-state index contributed by atoms with van der Waals surface area (Å²) in [6, 6.07) is 33.8. The van der Waals surface area contributed by atoms with Crippen LogP contribution < -0.4 is 10.4 Å². The molecular formula is C41H53B2N5O6P2S. The van der Waals surface area contributed by atoms with Crippen molar-refractivity contribution >= 4 is 42.7 Å². The maximum Gasteiger partial charge on any atom is 0.261 e. The summed E-state index contributed by atoms with van der Waals surface area (Å²) in [7, 11) is 11.4. The van der Waals surface area contributed by atoms with E-state index in [1.54, 1.807) is 0 Å². The molecule has 0 aromatic heterocycles. The molecule has 2 N–H and O–H groups in total. The summed E-state index contributed by atoms with van der Waals surface area (Å²) < 4.78 is 39.9. The van der Waals surface area contributed by atoms with E-state index in [9.17, 15) is 5.26 Å². The van der Waals surface area contributed by atoms with Crippen LogP contribution in [0.15, 0.2) is 91.0 Å². The summed E-state index contributed by atoms with van der Waals surface area (Å²) >= 11 is 6.14. The van der Waals surface area contributed by atoms with Gasteiger partial charge in [0.05, 0.1) is 69.2 Å². The van der Waals surface area contributed by atoms with Crippen molar-refractivity contribution in [3.63, 3.8) is 0 Å². The Morgan fingerprint density at radius 3 is 1.72 bits per heavy atom. The smallest absolute Gasteiger partial charge is 0.261 e. The van der Waals surface area contributed by atoms with Crippen LogP contribution in [-0.2, 0) is 44.9 Å². The number of nitriles is 2. The van der Waals surface area contributed by atoms with Gasteiger partial charge in [0.25, 0.3) is 15.2 Å². The van der Waals surface area contributed by atoms with Crippen molar-refractivity contribution in [2.75, 3.05) is 26.4 Å². The Morgan fingerprint density at radius 1 is 0.754 bits per heavy atom. The van der Waals surface area contributed by atoms with Gasteiger partial charge in [-0.15, -0.1) is 0 Å². The zero-order valence-corrected chi connectivity index (χ0v) is 35.8. The van der Waals surface area contributed by atoms with Gasteiger partial charge in [-0.1, -0.05) is 91.0 Å². The van der Waals surface area contributed by atoms with Crippen molar-refractivity contribution in [2.24, 2.45) is 0 Å². The molecule has 0 spiro atoms. The molecule has 300 valence electrons. The number of hydrogen-bond donors (Lipinski definition) is 2. The molecule has 57 heavy (non-hydrogen) atoms. The number of nitrogens with zero attached hydrogens (tertiary/aromatic N) is 3. The van der Waals surface area contributed by atoms with E-state index >= 15 is 0 Å². The van der Waals surface area contributed by atoms with E-state index in [1.165, 1.54) is 0 Å². The van der Waals surface area contributed by atoms with Gasteiger partial charge in [-0.3, -0.25) is 5.32 Å². The highest BCUT2D eigenvalue weighted by molar-refractivity contribution is 8.09. The minimum absolute atomic E-state index is 0.0627. The van der Waals surface area contributed by atoms with Gasteiger partial charge in [0.2, 0.25) is 0 Å². The monoisotopic (exact) mass is 827 g/mol. The third-order valence-corrected chi connectivity index (χ3v) is 14.5. The Kier molecular flexibility index (Phi) is 17.7. The van der Waals surface area contributed by atoms with Gasteiger partial charge in [-0.25, -0.2) is 9.76 Å². The summed E-state index contributed by atoms with van der Waals surface area (Å²) in [6.07, 6.45) is 0.300. The topological polar surface area (TPSA) is 130 Å². The van der Waals surface area contributed by atoms with E-state index in [4.69, 9.17) is 60.3 Å². The van der Waals surface area contributed by atoms with E-state index in [0.29, 0.717) is 12.8 Å². The molecule has 4 radical (unpaired) electrons. The third kappa shape index (κ3) is 12.3. The molecule has 4 unspecified atom stereocenters. The summed E-state index contributed by atoms with van der Waals surface area (Å²) in [6.45, 7) is 5.57. The normalized spacial score (nSPS) is 24.0. The lowest BCUT2D eigenvalue weighted by Gasteiger charge is -2.40. The van der Waals surface area contributed by atoms with Crippen LogP contribution in [0.25, 0.3) is 0 Å². The number of hydrogen-bond acceptors (Lipinski definition) is 11. The standard InChI is InChI=1S/C41H53B2N5O6P2S/c1-30(2)48(31(3)4)55(49-24-14-22-44)50-28-37-36(27-40(43)53-37)47-56(57,51-25-15-23-45)52-29-38-35(26-39(42)54-38)46-41(32-16-8-5-9-17-32,33-18-10-6-11-19-33)34-20-12-7-13-21-34/h5-13,16-21,30-31,35-40,46H,14-15,24-29H2,1-4H3,(H,47,57)/t35-,36-,37?,38?,39-,40-,55?,56?/m1/s1. The van der Waals surface area contributed by atoms with Gasteiger partial charge in [-0.05, 0) is 69.0 Å². The second kappa shape index (κ2) is 22.2. The van der Waals surface area contributed by atoms with Crippen molar-refractivity contribution < 1.29 is 27.6 Å². The van der Waals surface area contributed by atoms with Crippen molar-refractivity contribution in [3.05, 3.63) is 108 Å². The van der Waals surface area contributed by atoms with Gasteiger partial charge in [0.15, 0.2) is 0 Å². The lowest BCUT2D eigenvalue weighted by atomic mass is 9.76. The molecule has 0 saturated carbocycles. The summed E-state index contributed by atoms with van der Waals surface area (Å²) in [5.74, 6) is 0. The number of ether oxygens (including phenoxy) is 2. The Morgan fingerprint density at radius 2 is 1.23 bits per heavy atom. The fraction of sp³-hybridized carbons (Fsp3) is 0.512. The van der Waals surface area contributed by atoms with Crippen LogP contribution in [0.5, 0.6) is 0 Å². The molecule has 16 heteroatoms. The average molecular weight is 828 g/mol. The van der Waals surface area contributed by atoms with Crippen molar-refractivity contribution in [2.45, 2.75) is 107 Å². The molecule has 2 aliphatic heterocycles. The Labute approximate surface area is 348 Å². The number of rotatable bonds is 22. The van der Waals surface area contributed by atoms with Crippen molar-refractivity contribution in [3.8, 4) is 12.1 Å². The summed E-state index contributed by atoms with van der Waals surface area (Å²) in [4.78, 5) is 0. The zero-order valence-electron chi connectivity index (χ0n) is 33.2. The second-order valence-electron chi connectivity index (χ2n) is 14.6. The zero-order chi connectivity index (χ0) is 40.8. The molecule has 8 atom stereocenters. The highest BCUT2D eigenvalue weighted by atomic mass is 32.5. The van der Waals surface area contributed by atoms with Gasteiger partial charge in [0.1, 0.15) is 15.7 Å². The quantitative estimate of drug-likeness (QED) is 0.0472. The minimum Gasteiger partial charge on any atom is -0.381 e. The molecule has 3 aromatic carbocycles. The van der Waals surface area contributed by atoms with E-state index in [-0.39, 0.29) is 57.4 Å². The molecular weight excluding hydrogens is 774 g/mol. The molecule has 2 saturated heterocycles. The molecule has 2 fully saturated rings. The lowest BCUT2D eigenvalue weighted by Crippen LogP contribution is -2.53. The maximum atomic E-state index is 9.36. The first-order valence-electron chi connectivity index (χ1n) is 19.5. The fourth-order valence-electron chi connectivity index (χ4n) is 7.39. The number of benzene rings is 3. The molecule has 3 aromatic rings. The SMILES string of the molecule is [B][C@H]1C[C@@H](NC(c2ccccc2)(c2ccccc2)c2ccccc2)C(COP(=S)(N[C@@H]2C[C@H]([B])OC2COP(OCCC#N)N(C(C)C)C(C)C)OCCC#N)O1. The average Bonchev–Trinajstić information content (AvgIpc) is 3.74. The van der Waals surface area contributed by atoms with Gasteiger partial charge in [-0.2, -0.15) is 10.5 Å². The minimum atomic E-state index is -3.29. The van der Waals surface area contributed by atoms with Crippen LogP contribution in [0.4, 0.5) is 0 Å². The van der Waals surface area contributed by atoms with E-state index in [0.717, 1.165) is 16.7 Å². The van der Waals surface area contributed by atoms with Crippen LogP contribution in [0, 0.1) is 22.7 Å². The van der Waals surface area contributed by atoms with Crippen LogP contribution in [0.2, 0.25) is 0 Å². The predicted molar refractivity (Wildman–Crippen MR) is 229 cm³/mol. The predicted octanol–water partition coefficient (Wildman–Crippen LogP) is 6.93. The number of nitrogens with one attached hydrogen (secondary N) is 2. The van der Waals surface area contributed by atoms with Gasteiger partial charge in [0, 0.05) is 36.2 Å². The van der Waals surface area contributed by atoms with E-state index in [2.05, 4.69) is 91.3 Å². The van der Waals surface area contributed by atoms with E-state index in [1.807, 2.05) is 54.6 Å². The molecule has 2 heterocycles. The van der Waals surface area contributed by atoms with Gasteiger partial charge >= 0.3 is 0 Å². The van der Waals surface area contributed by atoms with Crippen molar-refractivity contribution in [1.29, 1.82) is 10.5 Å². The molecule has 0 bridgehead atoms. The Balaban J connectivity index is 1.37. The first-order valence-corrected chi connectivity index (χ1v) is 23.3. The highest BCUT2D eigenvalue weighted by Gasteiger charge is 2.44. The van der Waals surface area contributed by atoms with Crippen LogP contribution in [-0.4, -0.2) is 95.2 Å². The summed E-state index contributed by atoms with van der Waals surface area (Å²) in [5, 5.41) is 26.0. The highest BCUT2D eigenvalue weighted by Crippen LogP contribution is 2.49. The van der Waals surface area contributed by atoms with Gasteiger partial charge < -0.3 is 27.6 Å². The Bertz CT molecular complexity index is 1690. The fourth-order valence-corrected chi connectivity index (χ4v) is 11.4. The van der Waals surface area contributed by atoms with E-state index < -0.39 is 51.0 Å². The second-order valence-corrected chi connectivity index (χ2v) is 19.3. The molecule has 5 rings (SSSR count). The molecule has 11 nitrogen and oxygen atoms in total. The molecule has 0 aliphatic carbocycles. The first kappa shape index (κ1) is 45.6. The largest absolute Gasteiger partial charge is 0.381 e. The molecule has 2 aliphatic rings. The van der Waals surface area contributed by atoms with Crippen LogP contribution in [0.1, 0.15) is 70.1 Å². The van der Waals surface area contributed by atoms with Crippen molar-refractivity contribution in [1.82, 2.24) is 15.1 Å². The summed E-state index contributed by atoms with van der Waals surface area (Å²) in [5.41, 5.74) is 2.42. The Hall–Kier alpha value is -2.51. The maximum absolute atomic E-state index is 9.36. The van der Waals surface area contributed by atoms with Crippen LogP contribution in [0.3, 0.4) is 0 Å². The first-order chi connectivity index (χ1) is 27.5. The molecule has 0 amide bonds. The van der Waals surface area contributed by atoms with Crippen LogP contribution >= 0.6 is 15.2 Å². The lowest BCUT2D eigenvalue weighted by molar-refractivity contribution is 0.0305. The third-order valence-electron chi connectivity index (χ3n) is 9.81.